The maximum Gasteiger partial charge on any atom is 0.338 e. The number of ether oxygens (including phenoxy) is 1. The summed E-state index contributed by atoms with van der Waals surface area (Å²) in [6.07, 6.45) is 1.55. The Bertz CT molecular complexity index is 966. The van der Waals surface area contributed by atoms with Crippen LogP contribution in [0.1, 0.15) is 29.8 Å². The fourth-order valence-corrected chi connectivity index (χ4v) is 2.95. The van der Waals surface area contributed by atoms with Crippen molar-refractivity contribution in [1.29, 1.82) is 0 Å². The zero-order chi connectivity index (χ0) is 19.2. The molecular formula is C20H20N4O2S. The van der Waals surface area contributed by atoms with Gasteiger partial charge in [0.25, 0.3) is 0 Å². The molecule has 27 heavy (non-hydrogen) atoms. The number of carbonyl (C=O) groups is 1. The van der Waals surface area contributed by atoms with Crippen molar-refractivity contribution in [1.82, 2.24) is 4.98 Å². The first-order chi connectivity index (χ1) is 13.0. The molecule has 3 rings (SSSR count). The highest BCUT2D eigenvalue weighted by atomic mass is 32.1. The van der Waals surface area contributed by atoms with Crippen LogP contribution in [-0.2, 0) is 4.74 Å². The second kappa shape index (κ2) is 8.46. The van der Waals surface area contributed by atoms with E-state index >= 15 is 0 Å². The summed E-state index contributed by atoms with van der Waals surface area (Å²) < 4.78 is 5.27. The fourth-order valence-electron chi connectivity index (χ4n) is 2.41. The van der Waals surface area contributed by atoms with Crippen LogP contribution in [0.3, 0.4) is 0 Å². The number of nitrogens with one attached hydrogen (secondary N) is 1. The van der Waals surface area contributed by atoms with Crippen LogP contribution < -0.4 is 11.2 Å². The van der Waals surface area contributed by atoms with Gasteiger partial charge in [0.1, 0.15) is 5.82 Å². The fraction of sp³-hybridized carbons (Fsp3) is 0.150. The lowest BCUT2D eigenvalue weighted by molar-refractivity contribution is 0.0378. The van der Waals surface area contributed by atoms with Gasteiger partial charge in [-0.2, -0.15) is 5.10 Å². The Morgan fingerprint density at radius 3 is 2.67 bits per heavy atom. The first-order valence-corrected chi connectivity index (χ1v) is 9.31. The van der Waals surface area contributed by atoms with Crippen molar-refractivity contribution in [3.8, 4) is 11.1 Å². The molecule has 0 amide bonds. The number of thiazole rings is 1. The zero-order valence-corrected chi connectivity index (χ0v) is 15.9. The number of carbonyl (C=O) groups excluding carboxylic acids is 1. The summed E-state index contributed by atoms with van der Waals surface area (Å²) in [6.45, 7) is 3.66. The third-order valence-electron chi connectivity index (χ3n) is 3.56. The minimum absolute atomic E-state index is 0.151. The Labute approximate surface area is 161 Å². The molecule has 0 saturated carbocycles. The van der Waals surface area contributed by atoms with Crippen LogP contribution in [0.5, 0.6) is 0 Å². The summed E-state index contributed by atoms with van der Waals surface area (Å²) in [5, 5.41) is 6.56. The Kier molecular flexibility index (Phi) is 5.83. The van der Waals surface area contributed by atoms with Gasteiger partial charge >= 0.3 is 5.97 Å². The number of nitrogens with two attached hydrogens (primary N) is 1. The lowest BCUT2D eigenvalue weighted by Crippen LogP contribution is -2.11. The van der Waals surface area contributed by atoms with E-state index in [4.69, 9.17) is 10.5 Å². The number of hydrazone groups is 1. The van der Waals surface area contributed by atoms with Crippen molar-refractivity contribution < 1.29 is 9.53 Å². The molecule has 0 spiro atoms. The molecule has 0 aliphatic heterocycles. The molecule has 1 heterocycles. The van der Waals surface area contributed by atoms with E-state index in [-0.39, 0.29) is 12.1 Å². The lowest BCUT2D eigenvalue weighted by Gasteiger charge is -2.09. The van der Waals surface area contributed by atoms with Crippen LogP contribution in [0, 0.1) is 0 Å². The van der Waals surface area contributed by atoms with Crippen LogP contribution in [0.2, 0.25) is 0 Å². The van der Waals surface area contributed by atoms with Crippen molar-refractivity contribution in [2.45, 2.75) is 20.0 Å². The van der Waals surface area contributed by atoms with Gasteiger partial charge in [-0.15, -0.1) is 11.3 Å². The Morgan fingerprint density at radius 1 is 1.22 bits per heavy atom. The number of nitrogen functional groups attached to an aromatic ring is 1. The number of esters is 1. The molecule has 0 aliphatic rings. The topological polar surface area (TPSA) is 89.6 Å². The number of anilines is 2. The number of aromatic nitrogens is 1. The molecule has 6 nitrogen and oxygen atoms in total. The highest BCUT2D eigenvalue weighted by Gasteiger charge is 2.10. The van der Waals surface area contributed by atoms with Gasteiger partial charge in [-0.1, -0.05) is 30.3 Å². The molecule has 138 valence electrons. The maximum atomic E-state index is 12.1. The number of benzene rings is 2. The Hall–Kier alpha value is -3.19. The summed E-state index contributed by atoms with van der Waals surface area (Å²) in [7, 11) is 0. The molecule has 0 atom stereocenters. The van der Waals surface area contributed by atoms with Gasteiger partial charge in [0.05, 0.1) is 17.9 Å². The highest BCUT2D eigenvalue weighted by Crippen LogP contribution is 2.22. The molecule has 2 aromatic carbocycles. The average molecular weight is 380 g/mol. The van der Waals surface area contributed by atoms with Crippen molar-refractivity contribution in [3.05, 3.63) is 65.0 Å². The summed E-state index contributed by atoms with van der Waals surface area (Å²) in [5.74, 6) is 0.145. The van der Waals surface area contributed by atoms with E-state index in [1.807, 2.05) is 56.3 Å². The van der Waals surface area contributed by atoms with E-state index < -0.39 is 0 Å². The van der Waals surface area contributed by atoms with Gasteiger partial charge in [-0.05, 0) is 48.7 Å². The average Bonchev–Trinajstić information content (AvgIpc) is 3.07. The van der Waals surface area contributed by atoms with E-state index in [9.17, 15) is 4.79 Å². The third kappa shape index (κ3) is 5.15. The molecule has 7 heteroatoms. The maximum absolute atomic E-state index is 12.1. The van der Waals surface area contributed by atoms with E-state index in [0.29, 0.717) is 16.5 Å². The molecule has 0 radical (unpaired) electrons. The SMILES string of the molecule is CC(C)OC(=O)c1cccc(-c2cccc(C=NNc3nc(N)cs3)c2)c1. The largest absolute Gasteiger partial charge is 0.459 e. The second-order valence-electron chi connectivity index (χ2n) is 6.11. The summed E-state index contributed by atoms with van der Waals surface area (Å²) in [5.41, 5.74) is 11.8. The molecule has 0 unspecified atom stereocenters. The molecular weight excluding hydrogens is 360 g/mol. The zero-order valence-electron chi connectivity index (χ0n) is 15.0. The normalized spacial score (nSPS) is 11.1. The molecule has 3 aromatic rings. The predicted molar refractivity (Wildman–Crippen MR) is 110 cm³/mol. The first-order valence-electron chi connectivity index (χ1n) is 8.43. The quantitative estimate of drug-likeness (QED) is 0.376. The number of nitrogens with zero attached hydrogens (tertiary/aromatic N) is 2. The Morgan fingerprint density at radius 2 is 1.96 bits per heavy atom. The van der Waals surface area contributed by atoms with Gasteiger partial charge in [0.2, 0.25) is 5.13 Å². The second-order valence-corrected chi connectivity index (χ2v) is 6.97. The molecule has 0 saturated heterocycles. The van der Waals surface area contributed by atoms with Crippen LogP contribution in [0.15, 0.2) is 59.0 Å². The molecule has 0 fully saturated rings. The standard InChI is InChI=1S/C20H20N4O2S/c1-13(2)26-19(25)17-8-4-7-16(10-17)15-6-3-5-14(9-15)11-22-24-20-23-18(21)12-27-20/h3-13H,21H2,1-2H3,(H,23,24). The minimum Gasteiger partial charge on any atom is -0.459 e. The monoisotopic (exact) mass is 380 g/mol. The number of rotatable bonds is 6. The van der Waals surface area contributed by atoms with Crippen molar-refractivity contribution >= 4 is 34.5 Å². The van der Waals surface area contributed by atoms with Crippen LogP contribution >= 0.6 is 11.3 Å². The summed E-state index contributed by atoms with van der Waals surface area (Å²) in [4.78, 5) is 16.2. The van der Waals surface area contributed by atoms with E-state index in [2.05, 4.69) is 15.5 Å². The number of hydrogen-bond acceptors (Lipinski definition) is 7. The highest BCUT2D eigenvalue weighted by molar-refractivity contribution is 7.14. The molecule has 0 aliphatic carbocycles. The minimum atomic E-state index is -0.323. The van der Waals surface area contributed by atoms with Crippen molar-refractivity contribution in [2.75, 3.05) is 11.2 Å². The third-order valence-corrected chi connectivity index (χ3v) is 4.32. The van der Waals surface area contributed by atoms with Crippen LogP contribution in [0.25, 0.3) is 11.1 Å². The van der Waals surface area contributed by atoms with Gasteiger partial charge in [-0.25, -0.2) is 9.78 Å². The van der Waals surface area contributed by atoms with Gasteiger partial charge < -0.3 is 10.5 Å². The smallest absolute Gasteiger partial charge is 0.338 e. The molecule has 3 N–H and O–H groups in total. The Balaban J connectivity index is 1.76. The van der Waals surface area contributed by atoms with Crippen molar-refractivity contribution in [3.63, 3.8) is 0 Å². The van der Waals surface area contributed by atoms with Crippen LogP contribution in [-0.4, -0.2) is 23.3 Å². The van der Waals surface area contributed by atoms with Gasteiger partial charge in [0.15, 0.2) is 0 Å². The number of hydrogen-bond donors (Lipinski definition) is 2. The molecule has 0 bridgehead atoms. The van der Waals surface area contributed by atoms with E-state index in [1.54, 1.807) is 17.7 Å². The van der Waals surface area contributed by atoms with Crippen LogP contribution in [0.4, 0.5) is 10.9 Å². The van der Waals surface area contributed by atoms with E-state index in [1.165, 1.54) is 11.3 Å². The molecule has 1 aromatic heterocycles. The predicted octanol–water partition coefficient (Wildman–Crippen LogP) is 4.40. The van der Waals surface area contributed by atoms with Gasteiger partial charge in [-0.3, -0.25) is 5.43 Å². The summed E-state index contributed by atoms with van der Waals surface area (Å²) >= 11 is 1.39. The van der Waals surface area contributed by atoms with Crippen molar-refractivity contribution in [2.24, 2.45) is 5.10 Å². The summed E-state index contributed by atoms with van der Waals surface area (Å²) in [6, 6.07) is 15.3. The first kappa shape index (κ1) is 18.6. The van der Waals surface area contributed by atoms with E-state index in [0.717, 1.165) is 16.7 Å². The van der Waals surface area contributed by atoms with Gasteiger partial charge in [0, 0.05) is 5.38 Å². The lowest BCUT2D eigenvalue weighted by atomic mass is 10.0.